The van der Waals surface area contributed by atoms with Crippen LogP contribution in [0.25, 0.3) is 16.8 Å². The summed E-state index contributed by atoms with van der Waals surface area (Å²) in [4.78, 5) is 23.5. The first-order chi connectivity index (χ1) is 14.2. The van der Waals surface area contributed by atoms with E-state index in [4.69, 9.17) is 10.1 Å². The number of piperidine rings is 1. The zero-order valence-corrected chi connectivity index (χ0v) is 16.1. The van der Waals surface area contributed by atoms with Crippen molar-refractivity contribution in [2.45, 2.75) is 18.8 Å². The van der Waals surface area contributed by atoms with Crippen LogP contribution in [0.4, 0.5) is 0 Å². The van der Waals surface area contributed by atoms with E-state index in [9.17, 15) is 4.79 Å². The second-order valence-electron chi connectivity index (χ2n) is 7.40. The SMILES string of the molecule is Cn1ccc(C(=O)N2CCC[C@@H](c3nc4ccc(-c5cccnc5)cn4n3)C2)n1. The van der Waals surface area contributed by atoms with E-state index in [1.54, 1.807) is 23.1 Å². The highest BCUT2D eigenvalue weighted by Crippen LogP contribution is 2.26. The number of hydrogen-bond donors (Lipinski definition) is 0. The number of pyridine rings is 2. The Bertz CT molecular complexity index is 1160. The minimum Gasteiger partial charge on any atom is -0.337 e. The summed E-state index contributed by atoms with van der Waals surface area (Å²) in [5, 5.41) is 8.96. The Morgan fingerprint density at radius 1 is 1.14 bits per heavy atom. The van der Waals surface area contributed by atoms with Crippen molar-refractivity contribution in [3.8, 4) is 11.1 Å². The van der Waals surface area contributed by atoms with Gasteiger partial charge in [-0.3, -0.25) is 14.5 Å². The molecular weight excluding hydrogens is 366 g/mol. The number of likely N-dealkylation sites (tertiary alicyclic amines) is 1. The summed E-state index contributed by atoms with van der Waals surface area (Å²) >= 11 is 0. The average molecular weight is 387 g/mol. The summed E-state index contributed by atoms with van der Waals surface area (Å²) in [6.07, 6.45) is 9.26. The first kappa shape index (κ1) is 17.5. The van der Waals surface area contributed by atoms with E-state index in [0.717, 1.165) is 42.0 Å². The molecule has 4 aromatic heterocycles. The summed E-state index contributed by atoms with van der Waals surface area (Å²) in [7, 11) is 1.82. The number of amides is 1. The maximum atomic E-state index is 12.8. The average Bonchev–Trinajstić information content (AvgIpc) is 3.39. The van der Waals surface area contributed by atoms with Gasteiger partial charge >= 0.3 is 0 Å². The van der Waals surface area contributed by atoms with E-state index >= 15 is 0 Å². The van der Waals surface area contributed by atoms with E-state index in [1.165, 1.54) is 0 Å². The predicted molar refractivity (Wildman–Crippen MR) is 107 cm³/mol. The van der Waals surface area contributed by atoms with Crippen LogP contribution in [-0.4, -0.2) is 53.3 Å². The lowest BCUT2D eigenvalue weighted by atomic mass is 9.97. The van der Waals surface area contributed by atoms with Crippen molar-refractivity contribution < 1.29 is 4.79 Å². The zero-order valence-electron chi connectivity index (χ0n) is 16.1. The van der Waals surface area contributed by atoms with Gasteiger partial charge in [0.25, 0.3) is 5.91 Å². The second-order valence-corrected chi connectivity index (χ2v) is 7.40. The van der Waals surface area contributed by atoms with Gasteiger partial charge in [0, 0.05) is 62.0 Å². The van der Waals surface area contributed by atoms with Crippen LogP contribution in [0, 0.1) is 0 Å². The van der Waals surface area contributed by atoms with E-state index in [-0.39, 0.29) is 11.8 Å². The molecular formula is C21H21N7O. The number of aromatic nitrogens is 6. The van der Waals surface area contributed by atoms with Crippen molar-refractivity contribution >= 4 is 11.6 Å². The molecule has 8 nitrogen and oxygen atoms in total. The van der Waals surface area contributed by atoms with Gasteiger partial charge in [-0.15, -0.1) is 0 Å². The fraction of sp³-hybridized carbons (Fsp3) is 0.286. The van der Waals surface area contributed by atoms with Crippen LogP contribution in [0.2, 0.25) is 0 Å². The molecule has 0 unspecified atom stereocenters. The Hall–Kier alpha value is -3.55. The van der Waals surface area contributed by atoms with Crippen molar-refractivity contribution in [3.05, 3.63) is 66.6 Å². The van der Waals surface area contributed by atoms with E-state index in [2.05, 4.69) is 10.1 Å². The molecule has 5 rings (SSSR count). The van der Waals surface area contributed by atoms with Crippen LogP contribution in [0.5, 0.6) is 0 Å². The molecule has 1 atom stereocenters. The lowest BCUT2D eigenvalue weighted by molar-refractivity contribution is 0.0698. The highest BCUT2D eigenvalue weighted by Gasteiger charge is 2.29. The summed E-state index contributed by atoms with van der Waals surface area (Å²) in [5.74, 6) is 0.878. The summed E-state index contributed by atoms with van der Waals surface area (Å²) in [6.45, 7) is 1.35. The number of aryl methyl sites for hydroxylation is 1. The van der Waals surface area contributed by atoms with Crippen LogP contribution < -0.4 is 0 Å². The molecule has 0 radical (unpaired) electrons. The van der Waals surface area contributed by atoms with Gasteiger partial charge < -0.3 is 4.90 Å². The number of hydrogen-bond acceptors (Lipinski definition) is 5. The molecule has 1 fully saturated rings. The maximum Gasteiger partial charge on any atom is 0.274 e. The Morgan fingerprint density at radius 3 is 2.86 bits per heavy atom. The summed E-state index contributed by atoms with van der Waals surface area (Å²) in [6, 6.07) is 9.70. The number of carbonyl (C=O) groups is 1. The largest absolute Gasteiger partial charge is 0.337 e. The molecule has 4 aromatic rings. The Balaban J connectivity index is 1.39. The molecule has 146 valence electrons. The zero-order chi connectivity index (χ0) is 19.8. The van der Waals surface area contributed by atoms with Crippen LogP contribution in [0.15, 0.2) is 55.1 Å². The molecule has 1 amide bonds. The molecule has 0 spiro atoms. The van der Waals surface area contributed by atoms with Crippen molar-refractivity contribution in [2.24, 2.45) is 7.05 Å². The third-order valence-corrected chi connectivity index (χ3v) is 5.35. The van der Waals surface area contributed by atoms with Crippen LogP contribution in [-0.2, 0) is 7.05 Å². The molecule has 0 aromatic carbocycles. The Labute approximate surface area is 167 Å². The van der Waals surface area contributed by atoms with E-state index in [0.29, 0.717) is 12.2 Å². The fourth-order valence-electron chi connectivity index (χ4n) is 3.84. The molecule has 0 N–H and O–H groups in total. The molecule has 0 aliphatic carbocycles. The molecule has 29 heavy (non-hydrogen) atoms. The van der Waals surface area contributed by atoms with Gasteiger partial charge in [0.1, 0.15) is 5.69 Å². The first-order valence-electron chi connectivity index (χ1n) is 9.73. The lowest BCUT2D eigenvalue weighted by Gasteiger charge is -2.30. The predicted octanol–water partition coefficient (Wildman–Crippen LogP) is 2.54. The molecule has 0 bridgehead atoms. The molecule has 5 heterocycles. The van der Waals surface area contributed by atoms with Crippen LogP contribution in [0.1, 0.15) is 35.1 Å². The minimum atomic E-state index is -0.0297. The van der Waals surface area contributed by atoms with Gasteiger partial charge in [-0.1, -0.05) is 6.07 Å². The highest BCUT2D eigenvalue weighted by molar-refractivity contribution is 5.92. The maximum absolute atomic E-state index is 12.8. The third-order valence-electron chi connectivity index (χ3n) is 5.35. The quantitative estimate of drug-likeness (QED) is 0.540. The Kier molecular flexibility index (Phi) is 4.31. The first-order valence-corrected chi connectivity index (χ1v) is 9.73. The smallest absolute Gasteiger partial charge is 0.274 e. The van der Waals surface area contributed by atoms with Crippen molar-refractivity contribution in [2.75, 3.05) is 13.1 Å². The van der Waals surface area contributed by atoms with Crippen LogP contribution in [0.3, 0.4) is 0 Å². The second kappa shape index (κ2) is 7.12. The van der Waals surface area contributed by atoms with E-state index in [1.807, 2.05) is 53.1 Å². The summed E-state index contributed by atoms with van der Waals surface area (Å²) < 4.78 is 3.47. The topological polar surface area (TPSA) is 81.2 Å². The number of carbonyl (C=O) groups excluding carboxylic acids is 1. The van der Waals surface area contributed by atoms with Gasteiger partial charge in [-0.2, -0.15) is 10.2 Å². The van der Waals surface area contributed by atoms with Gasteiger partial charge in [0.15, 0.2) is 11.5 Å². The summed E-state index contributed by atoms with van der Waals surface area (Å²) in [5.41, 5.74) is 3.37. The molecule has 1 aliphatic heterocycles. The van der Waals surface area contributed by atoms with Crippen molar-refractivity contribution in [1.29, 1.82) is 0 Å². The van der Waals surface area contributed by atoms with Gasteiger partial charge in [-0.25, -0.2) is 9.50 Å². The Morgan fingerprint density at radius 2 is 2.07 bits per heavy atom. The molecule has 8 heteroatoms. The molecule has 0 saturated carbocycles. The monoisotopic (exact) mass is 387 g/mol. The van der Waals surface area contributed by atoms with E-state index < -0.39 is 0 Å². The van der Waals surface area contributed by atoms with Crippen molar-refractivity contribution in [1.82, 2.24) is 34.3 Å². The molecule has 1 saturated heterocycles. The van der Waals surface area contributed by atoms with Crippen molar-refractivity contribution in [3.63, 3.8) is 0 Å². The minimum absolute atomic E-state index is 0.0297. The highest BCUT2D eigenvalue weighted by atomic mass is 16.2. The van der Waals surface area contributed by atoms with Crippen LogP contribution >= 0.6 is 0 Å². The number of nitrogens with zero attached hydrogens (tertiary/aromatic N) is 7. The van der Waals surface area contributed by atoms with Gasteiger partial charge in [0.2, 0.25) is 0 Å². The third kappa shape index (κ3) is 3.37. The molecule has 1 aliphatic rings. The standard InChI is InChI=1S/C21H21N7O/c1-26-11-8-18(24-26)21(29)27-10-3-5-17(13-27)20-23-19-7-6-16(14-28(19)25-20)15-4-2-9-22-12-15/h2,4,6-9,11-12,14,17H,3,5,10,13H2,1H3/t17-/m1/s1. The van der Waals surface area contributed by atoms with Gasteiger partial charge in [-0.05, 0) is 37.1 Å². The number of fused-ring (bicyclic) bond motifs is 1. The normalized spacial score (nSPS) is 17.0. The number of rotatable bonds is 3. The fourth-order valence-corrected chi connectivity index (χ4v) is 3.84. The lowest BCUT2D eigenvalue weighted by Crippen LogP contribution is -2.39. The van der Waals surface area contributed by atoms with Gasteiger partial charge in [0.05, 0.1) is 0 Å².